The maximum atomic E-state index is 12.3. The second kappa shape index (κ2) is 8.35. The fraction of sp³-hybridized carbons (Fsp3) is 0.316. The number of rotatable bonds is 2. The molecular formula is C19H24N2O. The van der Waals surface area contributed by atoms with Crippen molar-refractivity contribution in [1.29, 1.82) is 0 Å². The minimum Gasteiger partial charge on any atom is -0.336 e. The summed E-state index contributed by atoms with van der Waals surface area (Å²) in [5.41, 5.74) is 3.09. The molecule has 0 radical (unpaired) electrons. The summed E-state index contributed by atoms with van der Waals surface area (Å²) in [5.74, 6) is 0.131. The van der Waals surface area contributed by atoms with Crippen LogP contribution in [0.1, 0.15) is 24.2 Å². The van der Waals surface area contributed by atoms with Crippen LogP contribution in [-0.2, 0) is 0 Å². The van der Waals surface area contributed by atoms with Gasteiger partial charge in [0.2, 0.25) is 0 Å². The van der Waals surface area contributed by atoms with Crippen molar-refractivity contribution in [3.8, 4) is 11.1 Å². The molecule has 1 amide bonds. The quantitative estimate of drug-likeness (QED) is 0.921. The van der Waals surface area contributed by atoms with E-state index < -0.39 is 0 Å². The van der Waals surface area contributed by atoms with Gasteiger partial charge in [-0.15, -0.1) is 0 Å². The number of nitrogens with one attached hydrogen (secondary N) is 1. The first-order valence-electron chi connectivity index (χ1n) is 8.00. The molecule has 1 aliphatic rings. The molecule has 0 spiro atoms. The fourth-order valence-corrected chi connectivity index (χ4v) is 2.49. The Hall–Kier alpha value is -2.13. The topological polar surface area (TPSA) is 32.3 Å². The Morgan fingerprint density at radius 1 is 0.864 bits per heavy atom. The highest BCUT2D eigenvalue weighted by molar-refractivity contribution is 5.94. The van der Waals surface area contributed by atoms with Gasteiger partial charge >= 0.3 is 0 Å². The zero-order chi connectivity index (χ0) is 15.8. The van der Waals surface area contributed by atoms with Crippen LogP contribution in [0, 0.1) is 0 Å². The Kier molecular flexibility index (Phi) is 6.16. The summed E-state index contributed by atoms with van der Waals surface area (Å²) in [5, 5.41) is 3.26. The first-order chi connectivity index (χ1) is 10.8. The van der Waals surface area contributed by atoms with Crippen LogP contribution in [0.15, 0.2) is 54.6 Å². The Morgan fingerprint density at radius 2 is 1.41 bits per heavy atom. The van der Waals surface area contributed by atoms with Crippen molar-refractivity contribution in [2.24, 2.45) is 0 Å². The molecule has 0 atom stereocenters. The molecule has 0 bridgehead atoms. The summed E-state index contributed by atoms with van der Waals surface area (Å²) in [6.07, 6.45) is 0. The van der Waals surface area contributed by atoms with Gasteiger partial charge in [0.05, 0.1) is 0 Å². The maximum Gasteiger partial charge on any atom is 0.253 e. The summed E-state index contributed by atoms with van der Waals surface area (Å²) in [6, 6.07) is 18.1. The smallest absolute Gasteiger partial charge is 0.253 e. The lowest BCUT2D eigenvalue weighted by Crippen LogP contribution is -2.46. The molecule has 2 aromatic carbocycles. The van der Waals surface area contributed by atoms with E-state index in [1.165, 1.54) is 5.56 Å². The normalized spacial score (nSPS) is 14.0. The van der Waals surface area contributed by atoms with Gasteiger partial charge in [0.1, 0.15) is 0 Å². The summed E-state index contributed by atoms with van der Waals surface area (Å²) in [6.45, 7) is 7.35. The number of hydrogen-bond donors (Lipinski definition) is 1. The first kappa shape index (κ1) is 16.2. The van der Waals surface area contributed by atoms with Gasteiger partial charge in [-0.1, -0.05) is 56.3 Å². The van der Waals surface area contributed by atoms with Crippen LogP contribution in [0.4, 0.5) is 0 Å². The van der Waals surface area contributed by atoms with E-state index in [0.717, 1.165) is 37.3 Å². The van der Waals surface area contributed by atoms with Gasteiger partial charge < -0.3 is 10.2 Å². The third-order valence-corrected chi connectivity index (χ3v) is 3.64. The van der Waals surface area contributed by atoms with Crippen LogP contribution in [0.5, 0.6) is 0 Å². The number of piperazine rings is 1. The number of hydrogen-bond acceptors (Lipinski definition) is 2. The van der Waals surface area contributed by atoms with E-state index in [1.54, 1.807) is 0 Å². The highest BCUT2D eigenvalue weighted by Crippen LogP contribution is 2.19. The van der Waals surface area contributed by atoms with Crippen molar-refractivity contribution >= 4 is 5.91 Å². The lowest BCUT2D eigenvalue weighted by atomic mass is 10.0. The number of nitrogens with zero attached hydrogens (tertiary/aromatic N) is 1. The summed E-state index contributed by atoms with van der Waals surface area (Å²) < 4.78 is 0. The lowest BCUT2D eigenvalue weighted by molar-refractivity contribution is 0.0736. The van der Waals surface area contributed by atoms with Crippen molar-refractivity contribution in [3.63, 3.8) is 0 Å². The predicted molar refractivity (Wildman–Crippen MR) is 92.0 cm³/mol. The van der Waals surface area contributed by atoms with Crippen LogP contribution >= 0.6 is 0 Å². The van der Waals surface area contributed by atoms with Crippen molar-refractivity contribution in [1.82, 2.24) is 10.2 Å². The van der Waals surface area contributed by atoms with Gasteiger partial charge in [0, 0.05) is 31.7 Å². The summed E-state index contributed by atoms with van der Waals surface area (Å²) in [4.78, 5) is 14.3. The van der Waals surface area contributed by atoms with E-state index in [0.29, 0.717) is 0 Å². The monoisotopic (exact) mass is 296 g/mol. The Labute approximate surface area is 133 Å². The average Bonchev–Trinajstić information content (AvgIpc) is 2.64. The van der Waals surface area contributed by atoms with E-state index in [4.69, 9.17) is 0 Å². The zero-order valence-corrected chi connectivity index (χ0v) is 13.4. The van der Waals surface area contributed by atoms with Crippen LogP contribution in [0.25, 0.3) is 11.1 Å². The molecule has 3 nitrogen and oxygen atoms in total. The van der Waals surface area contributed by atoms with Crippen molar-refractivity contribution < 1.29 is 4.79 Å². The molecule has 1 fully saturated rings. The largest absolute Gasteiger partial charge is 0.336 e. The van der Waals surface area contributed by atoms with E-state index >= 15 is 0 Å². The minimum absolute atomic E-state index is 0.131. The van der Waals surface area contributed by atoms with Crippen molar-refractivity contribution in [2.45, 2.75) is 13.8 Å². The molecule has 116 valence electrons. The Morgan fingerprint density at radius 3 is 2.00 bits per heavy atom. The number of carbonyl (C=O) groups is 1. The maximum absolute atomic E-state index is 12.3. The van der Waals surface area contributed by atoms with E-state index in [1.807, 2.05) is 61.2 Å². The number of benzene rings is 2. The van der Waals surface area contributed by atoms with Crippen molar-refractivity contribution in [2.75, 3.05) is 26.2 Å². The highest BCUT2D eigenvalue weighted by atomic mass is 16.2. The third kappa shape index (κ3) is 3.95. The molecule has 0 aromatic heterocycles. The molecule has 0 aliphatic carbocycles. The summed E-state index contributed by atoms with van der Waals surface area (Å²) >= 11 is 0. The molecular weight excluding hydrogens is 272 g/mol. The molecule has 1 N–H and O–H groups in total. The van der Waals surface area contributed by atoms with Crippen LogP contribution in [-0.4, -0.2) is 37.0 Å². The standard InChI is InChI=1S/C17H18N2O.C2H6/c20-17(19-12-10-18-11-13-19)16-8-6-15(7-9-16)14-4-2-1-3-5-14;1-2/h1-9,18H,10-13H2;1-2H3. The number of amides is 1. The number of carbonyl (C=O) groups excluding carboxylic acids is 1. The molecule has 1 saturated heterocycles. The fourth-order valence-electron chi connectivity index (χ4n) is 2.49. The van der Waals surface area contributed by atoms with Gasteiger partial charge in [-0.2, -0.15) is 0 Å². The van der Waals surface area contributed by atoms with E-state index in [-0.39, 0.29) is 5.91 Å². The molecule has 1 aliphatic heterocycles. The van der Waals surface area contributed by atoms with Gasteiger partial charge in [-0.05, 0) is 23.3 Å². The molecule has 3 heteroatoms. The van der Waals surface area contributed by atoms with Crippen LogP contribution in [0.2, 0.25) is 0 Å². The van der Waals surface area contributed by atoms with Crippen molar-refractivity contribution in [3.05, 3.63) is 60.2 Å². The Balaban J connectivity index is 0.000000847. The van der Waals surface area contributed by atoms with Gasteiger partial charge in [-0.3, -0.25) is 4.79 Å². The zero-order valence-electron chi connectivity index (χ0n) is 13.4. The Bertz CT molecular complexity index is 572. The third-order valence-electron chi connectivity index (χ3n) is 3.64. The lowest BCUT2D eigenvalue weighted by Gasteiger charge is -2.27. The molecule has 2 aromatic rings. The molecule has 22 heavy (non-hydrogen) atoms. The molecule has 1 heterocycles. The van der Waals surface area contributed by atoms with E-state index in [9.17, 15) is 4.79 Å². The highest BCUT2D eigenvalue weighted by Gasteiger charge is 2.17. The van der Waals surface area contributed by atoms with E-state index in [2.05, 4.69) is 17.4 Å². The van der Waals surface area contributed by atoms with Crippen LogP contribution < -0.4 is 5.32 Å². The predicted octanol–water partition coefficient (Wildman–Crippen LogP) is 3.43. The van der Waals surface area contributed by atoms with Gasteiger partial charge in [0.25, 0.3) is 5.91 Å². The second-order valence-electron chi connectivity index (χ2n) is 4.99. The SMILES string of the molecule is CC.O=C(c1ccc(-c2ccccc2)cc1)N1CCNCC1. The van der Waals surface area contributed by atoms with Gasteiger partial charge in [0.15, 0.2) is 0 Å². The summed E-state index contributed by atoms with van der Waals surface area (Å²) in [7, 11) is 0. The van der Waals surface area contributed by atoms with Gasteiger partial charge in [-0.25, -0.2) is 0 Å². The minimum atomic E-state index is 0.131. The van der Waals surface area contributed by atoms with Crippen LogP contribution in [0.3, 0.4) is 0 Å². The first-order valence-corrected chi connectivity index (χ1v) is 8.00. The molecule has 3 rings (SSSR count). The molecule has 0 saturated carbocycles. The second-order valence-corrected chi connectivity index (χ2v) is 4.99. The molecule has 0 unspecified atom stereocenters. The average molecular weight is 296 g/mol.